The average molecular weight is 743 g/mol. The lowest BCUT2D eigenvalue weighted by Crippen LogP contribution is -2.10. The van der Waals surface area contributed by atoms with Crippen LogP contribution >= 0.6 is 0 Å². The van der Waals surface area contributed by atoms with Gasteiger partial charge in [0.2, 0.25) is 12.2 Å². The van der Waals surface area contributed by atoms with Gasteiger partial charge in [0, 0.05) is 49.5 Å². The molecule has 1 unspecified atom stereocenters. The van der Waals surface area contributed by atoms with Gasteiger partial charge in [0.1, 0.15) is 11.5 Å². The lowest BCUT2D eigenvalue weighted by Gasteiger charge is -2.18. The zero-order valence-corrected chi connectivity index (χ0v) is 35.8. The number of aromatic nitrogens is 4. The highest BCUT2D eigenvalue weighted by atomic mass is 19.1. The van der Waals surface area contributed by atoms with Crippen LogP contribution in [0.25, 0.3) is 0 Å². The van der Waals surface area contributed by atoms with Crippen LogP contribution in [-0.2, 0) is 25.7 Å². The molecule has 0 spiro atoms. The molecule has 0 amide bonds. The molecule has 0 N–H and O–H groups in total. The Morgan fingerprint density at radius 1 is 0.574 bits per heavy atom. The lowest BCUT2D eigenvalue weighted by molar-refractivity contribution is 0.0855. The fourth-order valence-corrected chi connectivity index (χ4v) is 5.23. The van der Waals surface area contributed by atoms with Gasteiger partial charge in [0.15, 0.2) is 0 Å². The molecule has 0 saturated carbocycles. The average Bonchev–Trinajstić information content (AvgIpc) is 3.03. The Morgan fingerprint density at radius 3 is 1.39 bits per heavy atom. The predicted octanol–water partition coefficient (Wildman–Crippen LogP) is 11.4. The maximum Gasteiger partial charge on any atom is 0.235 e. The summed E-state index contributed by atoms with van der Waals surface area (Å²) in [6.07, 6.45) is 20.4. The molecule has 4 heterocycles. The van der Waals surface area contributed by atoms with E-state index < -0.39 is 6.36 Å². The summed E-state index contributed by atoms with van der Waals surface area (Å²) in [4.78, 5) is 16.4. The topological polar surface area (TPSA) is 79.3 Å². The molecule has 8 heteroatoms. The summed E-state index contributed by atoms with van der Waals surface area (Å²) < 4.78 is 27.6. The first-order valence-corrected chi connectivity index (χ1v) is 18.5. The number of nitrogens with zero attached hydrogens (tertiary/aromatic N) is 4. The molecule has 4 aromatic rings. The summed E-state index contributed by atoms with van der Waals surface area (Å²) in [5.41, 5.74) is 6.73. The molecule has 1 atom stereocenters. The zero-order valence-electron chi connectivity index (χ0n) is 35.8. The normalized spacial score (nSPS) is 11.9. The fourth-order valence-electron chi connectivity index (χ4n) is 5.23. The van der Waals surface area contributed by atoms with E-state index in [-0.39, 0.29) is 10.8 Å². The van der Waals surface area contributed by atoms with Crippen LogP contribution in [0.1, 0.15) is 118 Å². The van der Waals surface area contributed by atoms with Crippen LogP contribution in [0, 0.1) is 34.0 Å². The first-order valence-electron chi connectivity index (χ1n) is 18.5. The van der Waals surface area contributed by atoms with Gasteiger partial charge < -0.3 is 14.2 Å². The van der Waals surface area contributed by atoms with Crippen molar-refractivity contribution < 1.29 is 18.6 Å². The summed E-state index contributed by atoms with van der Waals surface area (Å²) in [6.45, 7) is 27.7. The van der Waals surface area contributed by atoms with Crippen molar-refractivity contribution in [3.8, 4) is 29.7 Å². The van der Waals surface area contributed by atoms with Gasteiger partial charge in [-0.2, -0.15) is 0 Å². The third-order valence-corrected chi connectivity index (χ3v) is 6.98. The molecule has 4 rings (SSSR count). The van der Waals surface area contributed by atoms with Gasteiger partial charge in [-0.15, -0.1) is 6.42 Å². The van der Waals surface area contributed by atoms with Crippen molar-refractivity contribution in [2.24, 2.45) is 21.7 Å². The molecular weight excluding hydrogens is 676 g/mol. The third kappa shape index (κ3) is 23.9. The van der Waals surface area contributed by atoms with E-state index in [0.717, 1.165) is 42.6 Å². The van der Waals surface area contributed by atoms with Crippen molar-refractivity contribution in [2.75, 3.05) is 14.2 Å². The molecule has 0 aliphatic carbocycles. The quantitative estimate of drug-likeness (QED) is 0.166. The highest BCUT2D eigenvalue weighted by molar-refractivity contribution is 5.32. The molecule has 0 aliphatic heterocycles. The number of ether oxygens (including phenoxy) is 3. The first kappa shape index (κ1) is 47.5. The number of rotatable bonds is 8. The molecule has 0 saturated heterocycles. The molecule has 0 bridgehead atoms. The van der Waals surface area contributed by atoms with Crippen LogP contribution in [-0.4, -0.2) is 40.5 Å². The van der Waals surface area contributed by atoms with Gasteiger partial charge in [-0.1, -0.05) is 95.1 Å². The fraction of sp³-hybridized carbons (Fsp3) is 0.522. The van der Waals surface area contributed by atoms with Crippen LogP contribution in [0.2, 0.25) is 0 Å². The van der Waals surface area contributed by atoms with Crippen LogP contribution in [0.3, 0.4) is 0 Å². The predicted molar refractivity (Wildman–Crippen MR) is 222 cm³/mol. The number of terminal acetylenes is 1. The van der Waals surface area contributed by atoms with Crippen LogP contribution in [0.4, 0.5) is 4.39 Å². The minimum absolute atomic E-state index is 0.196. The molecule has 0 aromatic carbocycles. The van der Waals surface area contributed by atoms with Gasteiger partial charge in [-0.05, 0) is 87.8 Å². The van der Waals surface area contributed by atoms with Crippen LogP contribution < -0.4 is 14.2 Å². The Bertz CT molecular complexity index is 1690. The second-order valence-electron chi connectivity index (χ2n) is 18.3. The SMILES string of the molecule is C#Cc1cncc(CC(C)(C)C)c1.CC(F)Oc1cncc(CC(C)(C)C)c1.COc1ccc(CC(C)(C)C)cn1.COc1cncc(CC(C)(C)C)c1. The van der Waals surface area contributed by atoms with Crippen molar-refractivity contribution in [3.05, 3.63) is 102 Å². The Morgan fingerprint density at radius 2 is 1.00 bits per heavy atom. The number of halogens is 1. The number of hydrogen-bond acceptors (Lipinski definition) is 7. The van der Waals surface area contributed by atoms with E-state index in [0.29, 0.717) is 22.5 Å². The summed E-state index contributed by atoms with van der Waals surface area (Å²) in [7, 11) is 3.30. The molecule has 0 radical (unpaired) electrons. The van der Waals surface area contributed by atoms with Crippen molar-refractivity contribution in [1.82, 2.24) is 19.9 Å². The smallest absolute Gasteiger partial charge is 0.235 e. The van der Waals surface area contributed by atoms with E-state index in [9.17, 15) is 4.39 Å². The maximum atomic E-state index is 12.6. The van der Waals surface area contributed by atoms with Gasteiger partial charge in [0.05, 0.1) is 26.6 Å². The second-order valence-corrected chi connectivity index (χ2v) is 18.3. The second kappa shape index (κ2) is 22.0. The van der Waals surface area contributed by atoms with Crippen molar-refractivity contribution in [1.29, 1.82) is 0 Å². The number of methoxy groups -OCH3 is 2. The van der Waals surface area contributed by atoms with Gasteiger partial charge in [-0.25, -0.2) is 9.37 Å². The minimum Gasteiger partial charge on any atom is -0.495 e. The molecule has 0 fully saturated rings. The van der Waals surface area contributed by atoms with Gasteiger partial charge in [-0.3, -0.25) is 15.0 Å². The Balaban J connectivity index is 0.000000361. The van der Waals surface area contributed by atoms with Crippen LogP contribution in [0.5, 0.6) is 17.4 Å². The Kier molecular flexibility index (Phi) is 19.4. The van der Waals surface area contributed by atoms with Gasteiger partial charge >= 0.3 is 0 Å². The van der Waals surface area contributed by atoms with Gasteiger partial charge in [0.25, 0.3) is 0 Å². The lowest BCUT2D eigenvalue weighted by atomic mass is 9.88. The third-order valence-electron chi connectivity index (χ3n) is 6.98. The maximum absolute atomic E-state index is 12.6. The van der Waals surface area contributed by atoms with Crippen LogP contribution in [0.15, 0.2) is 73.7 Å². The molecular formula is C46H67FN4O3. The summed E-state index contributed by atoms with van der Waals surface area (Å²) in [5.74, 6) is 4.60. The summed E-state index contributed by atoms with van der Waals surface area (Å²) in [6, 6.07) is 9.88. The standard InChI is InChI=1S/C12H18FNO.C12H15N.2C11H17NO/c1-9(13)15-11-5-10(7-14-8-11)6-12(2,3)4;1-5-10-6-11(9-13-8-10)7-12(2,3)4;1-11(2,3)6-9-5-10(13-4)8-12-7-9;1-11(2,3)7-9-5-6-10(13-4)12-8-9/h5,7-9H,6H2,1-4H3;1,6,8-9H,7H2,2-4H3;5,7-8H,6H2,1-4H3;5-6,8H,7H2,1-4H3. The first-order chi connectivity index (χ1) is 24.9. The molecule has 54 heavy (non-hydrogen) atoms. The van der Waals surface area contributed by atoms with E-state index in [4.69, 9.17) is 20.6 Å². The van der Waals surface area contributed by atoms with E-state index in [1.807, 2.05) is 42.9 Å². The largest absolute Gasteiger partial charge is 0.495 e. The zero-order chi connectivity index (χ0) is 41.2. The van der Waals surface area contributed by atoms with E-state index in [1.54, 1.807) is 32.8 Å². The molecule has 4 aromatic heterocycles. The van der Waals surface area contributed by atoms with Crippen molar-refractivity contribution >= 4 is 0 Å². The molecule has 7 nitrogen and oxygen atoms in total. The summed E-state index contributed by atoms with van der Waals surface area (Å²) in [5, 5.41) is 0. The number of hydrogen-bond donors (Lipinski definition) is 0. The Hall–Kier alpha value is -4.51. The summed E-state index contributed by atoms with van der Waals surface area (Å²) >= 11 is 0. The molecule has 0 aliphatic rings. The van der Waals surface area contributed by atoms with E-state index >= 15 is 0 Å². The van der Waals surface area contributed by atoms with E-state index in [1.165, 1.54) is 29.8 Å². The highest BCUT2D eigenvalue weighted by Gasteiger charge is 2.14. The van der Waals surface area contributed by atoms with E-state index in [2.05, 4.69) is 115 Å². The number of alkyl halides is 1. The van der Waals surface area contributed by atoms with Crippen molar-refractivity contribution in [3.63, 3.8) is 0 Å². The monoisotopic (exact) mass is 743 g/mol. The number of pyridine rings is 4. The highest BCUT2D eigenvalue weighted by Crippen LogP contribution is 2.24. The molecule has 296 valence electrons. The minimum atomic E-state index is -1.29. The van der Waals surface area contributed by atoms with Crippen molar-refractivity contribution in [2.45, 2.75) is 122 Å². The Labute approximate surface area is 326 Å².